The van der Waals surface area contributed by atoms with Gasteiger partial charge in [-0.05, 0) is 12.1 Å². The zero-order valence-corrected chi connectivity index (χ0v) is 10.2. The molecule has 0 aliphatic carbocycles. The first-order valence-corrected chi connectivity index (χ1v) is 5.90. The average Bonchev–Trinajstić information content (AvgIpc) is 2.41. The van der Waals surface area contributed by atoms with Crippen LogP contribution in [0.4, 0.5) is 22.9 Å². The van der Waals surface area contributed by atoms with E-state index < -0.39 is 0 Å². The number of hydrogen-bond acceptors (Lipinski definition) is 5. The SMILES string of the molecule is CN1CCN(c2ncncc2N)c2ccccc21. The first kappa shape index (κ1) is 10.8. The van der Waals surface area contributed by atoms with Gasteiger partial charge in [0.15, 0.2) is 5.82 Å². The molecule has 0 fully saturated rings. The van der Waals surface area contributed by atoms with Crippen molar-refractivity contribution in [3.05, 3.63) is 36.8 Å². The van der Waals surface area contributed by atoms with E-state index in [0.717, 1.165) is 24.6 Å². The van der Waals surface area contributed by atoms with Crippen LogP contribution in [-0.2, 0) is 0 Å². The maximum absolute atomic E-state index is 5.96. The first-order valence-electron chi connectivity index (χ1n) is 5.90. The van der Waals surface area contributed by atoms with Crippen LogP contribution in [-0.4, -0.2) is 30.1 Å². The zero-order chi connectivity index (χ0) is 12.5. The summed E-state index contributed by atoms with van der Waals surface area (Å²) in [5, 5.41) is 0. The number of anilines is 4. The van der Waals surface area contributed by atoms with Crippen LogP contribution in [0, 0.1) is 0 Å². The Morgan fingerprint density at radius 3 is 2.72 bits per heavy atom. The molecule has 1 aromatic carbocycles. The lowest BCUT2D eigenvalue weighted by molar-refractivity contribution is 0.812. The summed E-state index contributed by atoms with van der Waals surface area (Å²) in [6, 6.07) is 8.27. The minimum absolute atomic E-state index is 0.608. The van der Waals surface area contributed by atoms with Crippen LogP contribution in [0.25, 0.3) is 0 Å². The minimum atomic E-state index is 0.608. The summed E-state index contributed by atoms with van der Waals surface area (Å²) in [5.41, 5.74) is 8.90. The Bertz CT molecular complexity index is 569. The maximum Gasteiger partial charge on any atom is 0.159 e. The molecule has 5 nitrogen and oxygen atoms in total. The fraction of sp³-hybridized carbons (Fsp3) is 0.231. The predicted molar refractivity (Wildman–Crippen MR) is 73.2 cm³/mol. The molecule has 0 atom stereocenters. The normalized spacial score (nSPS) is 14.5. The van der Waals surface area contributed by atoms with E-state index in [4.69, 9.17) is 5.73 Å². The number of benzene rings is 1. The minimum Gasteiger partial charge on any atom is -0.394 e. The number of nitrogens with zero attached hydrogens (tertiary/aromatic N) is 4. The second-order valence-electron chi connectivity index (χ2n) is 4.36. The lowest BCUT2D eigenvalue weighted by atomic mass is 10.1. The summed E-state index contributed by atoms with van der Waals surface area (Å²) >= 11 is 0. The van der Waals surface area contributed by atoms with E-state index in [1.165, 1.54) is 12.0 Å². The van der Waals surface area contributed by atoms with E-state index in [9.17, 15) is 0 Å². The van der Waals surface area contributed by atoms with E-state index in [2.05, 4.69) is 38.9 Å². The smallest absolute Gasteiger partial charge is 0.159 e. The lowest BCUT2D eigenvalue weighted by Gasteiger charge is -2.36. The highest BCUT2D eigenvalue weighted by atomic mass is 15.3. The predicted octanol–water partition coefficient (Wildman–Crippen LogP) is 1.65. The molecule has 0 bridgehead atoms. The molecular weight excluding hydrogens is 226 g/mol. The van der Waals surface area contributed by atoms with E-state index in [1.54, 1.807) is 6.20 Å². The molecule has 0 radical (unpaired) electrons. The topological polar surface area (TPSA) is 58.3 Å². The molecule has 1 aliphatic rings. The Kier molecular flexibility index (Phi) is 2.51. The summed E-state index contributed by atoms with van der Waals surface area (Å²) in [6.45, 7) is 1.81. The van der Waals surface area contributed by atoms with Crippen LogP contribution in [0.15, 0.2) is 36.8 Å². The number of fused-ring (bicyclic) bond motifs is 1. The molecule has 0 saturated heterocycles. The molecule has 1 aliphatic heterocycles. The van der Waals surface area contributed by atoms with E-state index in [-0.39, 0.29) is 0 Å². The van der Waals surface area contributed by atoms with Crippen LogP contribution < -0.4 is 15.5 Å². The molecule has 2 aromatic rings. The quantitative estimate of drug-likeness (QED) is 0.822. The van der Waals surface area contributed by atoms with Crippen molar-refractivity contribution >= 4 is 22.9 Å². The molecule has 0 saturated carbocycles. The third-order valence-corrected chi connectivity index (χ3v) is 3.22. The Morgan fingerprint density at radius 2 is 1.94 bits per heavy atom. The summed E-state index contributed by atoms with van der Waals surface area (Å²) in [5.74, 6) is 0.783. The molecule has 2 N–H and O–H groups in total. The van der Waals surface area contributed by atoms with Gasteiger partial charge >= 0.3 is 0 Å². The van der Waals surface area contributed by atoms with Gasteiger partial charge in [0.05, 0.1) is 23.3 Å². The van der Waals surface area contributed by atoms with Gasteiger partial charge in [-0.3, -0.25) is 0 Å². The van der Waals surface area contributed by atoms with Gasteiger partial charge in [-0.25, -0.2) is 9.97 Å². The molecule has 92 valence electrons. The van der Waals surface area contributed by atoms with Crippen molar-refractivity contribution in [2.24, 2.45) is 0 Å². The van der Waals surface area contributed by atoms with Gasteiger partial charge in [0.25, 0.3) is 0 Å². The van der Waals surface area contributed by atoms with Crippen LogP contribution in [0.5, 0.6) is 0 Å². The third-order valence-electron chi connectivity index (χ3n) is 3.22. The number of hydrogen-bond donors (Lipinski definition) is 1. The van der Waals surface area contributed by atoms with E-state index in [1.807, 2.05) is 12.1 Å². The number of nitrogens with two attached hydrogens (primary N) is 1. The lowest BCUT2D eigenvalue weighted by Crippen LogP contribution is -2.37. The molecule has 3 rings (SSSR count). The van der Waals surface area contributed by atoms with Gasteiger partial charge in [0, 0.05) is 20.1 Å². The number of para-hydroxylation sites is 2. The molecule has 0 amide bonds. The standard InChI is InChI=1S/C13H15N5/c1-17-6-7-18(12-5-3-2-4-11(12)17)13-10(14)8-15-9-16-13/h2-5,8-9H,6-7,14H2,1H3. The van der Waals surface area contributed by atoms with Crippen LogP contribution in [0.3, 0.4) is 0 Å². The zero-order valence-electron chi connectivity index (χ0n) is 10.2. The van der Waals surface area contributed by atoms with Crippen molar-refractivity contribution in [2.75, 3.05) is 35.7 Å². The van der Waals surface area contributed by atoms with Crippen LogP contribution in [0.1, 0.15) is 0 Å². The second kappa shape index (κ2) is 4.18. The highest BCUT2D eigenvalue weighted by Crippen LogP contribution is 2.37. The van der Waals surface area contributed by atoms with E-state index >= 15 is 0 Å². The summed E-state index contributed by atoms with van der Waals surface area (Å²) in [7, 11) is 2.10. The highest BCUT2D eigenvalue weighted by molar-refractivity contribution is 5.81. The summed E-state index contributed by atoms with van der Waals surface area (Å²) in [4.78, 5) is 12.6. The average molecular weight is 241 g/mol. The molecule has 1 aromatic heterocycles. The van der Waals surface area contributed by atoms with Crippen molar-refractivity contribution < 1.29 is 0 Å². The Labute approximate surface area is 106 Å². The Balaban J connectivity index is 2.11. The fourth-order valence-corrected chi connectivity index (χ4v) is 2.29. The van der Waals surface area contributed by atoms with Crippen molar-refractivity contribution in [2.45, 2.75) is 0 Å². The van der Waals surface area contributed by atoms with Gasteiger partial charge < -0.3 is 15.5 Å². The largest absolute Gasteiger partial charge is 0.394 e. The van der Waals surface area contributed by atoms with Crippen LogP contribution >= 0.6 is 0 Å². The molecular formula is C13H15N5. The van der Waals surface area contributed by atoms with Crippen molar-refractivity contribution in [3.63, 3.8) is 0 Å². The van der Waals surface area contributed by atoms with Gasteiger partial charge in [0.1, 0.15) is 6.33 Å². The highest BCUT2D eigenvalue weighted by Gasteiger charge is 2.22. The van der Waals surface area contributed by atoms with Gasteiger partial charge in [-0.1, -0.05) is 12.1 Å². The fourth-order valence-electron chi connectivity index (χ4n) is 2.29. The number of likely N-dealkylation sites (N-methyl/N-ethyl adjacent to an activating group) is 1. The Hall–Kier alpha value is -2.30. The summed E-state index contributed by atoms with van der Waals surface area (Å²) in [6.07, 6.45) is 3.18. The number of aromatic nitrogens is 2. The second-order valence-corrected chi connectivity index (χ2v) is 4.36. The Morgan fingerprint density at radius 1 is 1.17 bits per heavy atom. The van der Waals surface area contributed by atoms with Crippen molar-refractivity contribution in [1.82, 2.24) is 9.97 Å². The van der Waals surface area contributed by atoms with Gasteiger partial charge in [-0.15, -0.1) is 0 Å². The third kappa shape index (κ3) is 1.64. The van der Waals surface area contributed by atoms with Gasteiger partial charge in [-0.2, -0.15) is 0 Å². The van der Waals surface area contributed by atoms with Crippen LogP contribution in [0.2, 0.25) is 0 Å². The first-order chi connectivity index (χ1) is 8.77. The molecule has 18 heavy (non-hydrogen) atoms. The van der Waals surface area contributed by atoms with E-state index in [0.29, 0.717) is 5.69 Å². The molecule has 5 heteroatoms. The van der Waals surface area contributed by atoms with Crippen molar-refractivity contribution in [1.29, 1.82) is 0 Å². The monoisotopic (exact) mass is 241 g/mol. The number of rotatable bonds is 1. The van der Waals surface area contributed by atoms with Gasteiger partial charge in [0.2, 0.25) is 0 Å². The van der Waals surface area contributed by atoms with Crippen molar-refractivity contribution in [3.8, 4) is 0 Å². The number of nitrogen functional groups attached to an aromatic ring is 1. The molecule has 0 spiro atoms. The molecule has 2 heterocycles. The maximum atomic E-state index is 5.96. The molecule has 0 unspecified atom stereocenters. The summed E-state index contributed by atoms with van der Waals surface area (Å²) < 4.78 is 0.